The summed E-state index contributed by atoms with van der Waals surface area (Å²) in [5.74, 6) is -1.14. The summed E-state index contributed by atoms with van der Waals surface area (Å²) < 4.78 is 0. The van der Waals surface area contributed by atoms with Crippen LogP contribution in [0.4, 0.5) is 0 Å². The van der Waals surface area contributed by atoms with Crippen molar-refractivity contribution in [2.45, 2.75) is 20.4 Å². The number of hydrogen-bond donors (Lipinski definition) is 1. The summed E-state index contributed by atoms with van der Waals surface area (Å²) in [6, 6.07) is 7.81. The third-order valence-corrected chi connectivity index (χ3v) is 3.04. The molecule has 0 atom stereocenters. The number of aryl methyl sites for hydroxylation is 1. The Labute approximate surface area is 106 Å². The number of aliphatic hydroxyl groups excluding tert-OH is 1. The van der Waals surface area contributed by atoms with Crippen molar-refractivity contribution >= 4 is 11.7 Å². The van der Waals surface area contributed by atoms with E-state index in [0.29, 0.717) is 6.54 Å². The standard InChI is InChI=1S/C14H15NO3/c1-9-3-5-11(6-4-9)7-15-8-12(10(2)16)13(17)14(15)18/h3-6,17H,7-8H2,1-2H3. The van der Waals surface area contributed by atoms with Gasteiger partial charge in [-0.2, -0.15) is 0 Å². The Morgan fingerprint density at radius 3 is 2.44 bits per heavy atom. The molecule has 0 spiro atoms. The lowest BCUT2D eigenvalue weighted by Gasteiger charge is -2.16. The summed E-state index contributed by atoms with van der Waals surface area (Å²) in [5.41, 5.74) is 2.33. The van der Waals surface area contributed by atoms with Crippen LogP contribution in [0.5, 0.6) is 0 Å². The van der Waals surface area contributed by atoms with Gasteiger partial charge in [-0.15, -0.1) is 0 Å². The highest BCUT2D eigenvalue weighted by atomic mass is 16.3. The van der Waals surface area contributed by atoms with E-state index in [1.54, 1.807) is 0 Å². The summed E-state index contributed by atoms with van der Waals surface area (Å²) in [6.45, 7) is 3.94. The Morgan fingerprint density at radius 1 is 1.33 bits per heavy atom. The minimum absolute atomic E-state index is 0.188. The second kappa shape index (κ2) is 4.64. The largest absolute Gasteiger partial charge is 0.503 e. The maximum absolute atomic E-state index is 11.8. The number of amides is 1. The van der Waals surface area contributed by atoms with Crippen LogP contribution in [-0.4, -0.2) is 28.2 Å². The lowest BCUT2D eigenvalue weighted by molar-refractivity contribution is -0.128. The molecule has 1 heterocycles. The van der Waals surface area contributed by atoms with E-state index in [2.05, 4.69) is 0 Å². The van der Waals surface area contributed by atoms with Crippen molar-refractivity contribution in [3.8, 4) is 0 Å². The zero-order chi connectivity index (χ0) is 13.3. The number of aliphatic hydroxyl groups is 1. The zero-order valence-corrected chi connectivity index (χ0v) is 10.4. The van der Waals surface area contributed by atoms with Gasteiger partial charge in [0.1, 0.15) is 0 Å². The van der Waals surface area contributed by atoms with Gasteiger partial charge in [0.05, 0.1) is 12.1 Å². The average Bonchev–Trinajstić information content (AvgIpc) is 2.60. The smallest absolute Gasteiger partial charge is 0.289 e. The zero-order valence-electron chi connectivity index (χ0n) is 10.4. The van der Waals surface area contributed by atoms with Crippen molar-refractivity contribution in [1.29, 1.82) is 0 Å². The van der Waals surface area contributed by atoms with Crippen LogP contribution in [0.3, 0.4) is 0 Å². The molecule has 0 fully saturated rings. The second-order valence-electron chi connectivity index (χ2n) is 4.53. The van der Waals surface area contributed by atoms with E-state index in [-0.39, 0.29) is 17.9 Å². The molecule has 1 aliphatic heterocycles. The highest BCUT2D eigenvalue weighted by Gasteiger charge is 2.32. The van der Waals surface area contributed by atoms with E-state index >= 15 is 0 Å². The van der Waals surface area contributed by atoms with E-state index in [1.807, 2.05) is 31.2 Å². The summed E-state index contributed by atoms with van der Waals surface area (Å²) in [7, 11) is 0. The lowest BCUT2D eigenvalue weighted by Crippen LogP contribution is -2.27. The molecular weight excluding hydrogens is 230 g/mol. The fourth-order valence-electron chi connectivity index (χ4n) is 1.94. The van der Waals surface area contributed by atoms with Gasteiger partial charge in [0.15, 0.2) is 11.5 Å². The molecule has 18 heavy (non-hydrogen) atoms. The minimum Gasteiger partial charge on any atom is -0.503 e. The van der Waals surface area contributed by atoms with Crippen molar-refractivity contribution in [1.82, 2.24) is 4.90 Å². The van der Waals surface area contributed by atoms with Crippen molar-refractivity contribution in [3.05, 3.63) is 46.7 Å². The number of carbonyl (C=O) groups is 2. The van der Waals surface area contributed by atoms with E-state index in [1.165, 1.54) is 11.8 Å². The third-order valence-electron chi connectivity index (χ3n) is 3.04. The first-order valence-corrected chi connectivity index (χ1v) is 5.77. The van der Waals surface area contributed by atoms with Gasteiger partial charge in [-0.1, -0.05) is 29.8 Å². The number of carbonyl (C=O) groups excluding carboxylic acids is 2. The number of ketones is 1. The third kappa shape index (κ3) is 2.27. The summed E-state index contributed by atoms with van der Waals surface area (Å²) >= 11 is 0. The first-order chi connectivity index (χ1) is 8.49. The highest BCUT2D eigenvalue weighted by molar-refractivity contribution is 6.06. The molecule has 0 bridgehead atoms. The van der Waals surface area contributed by atoms with Gasteiger partial charge in [0.25, 0.3) is 5.91 Å². The topological polar surface area (TPSA) is 57.6 Å². The lowest BCUT2D eigenvalue weighted by atomic mass is 10.1. The van der Waals surface area contributed by atoms with Gasteiger partial charge in [0.2, 0.25) is 0 Å². The predicted octanol–water partition coefficient (Wildman–Crippen LogP) is 1.74. The molecule has 1 amide bonds. The van der Waals surface area contributed by atoms with Crippen LogP contribution < -0.4 is 0 Å². The highest BCUT2D eigenvalue weighted by Crippen LogP contribution is 2.20. The molecule has 4 heteroatoms. The molecule has 0 radical (unpaired) electrons. The average molecular weight is 245 g/mol. The van der Waals surface area contributed by atoms with Crippen LogP contribution in [0.2, 0.25) is 0 Å². The van der Waals surface area contributed by atoms with Gasteiger partial charge >= 0.3 is 0 Å². The second-order valence-corrected chi connectivity index (χ2v) is 4.53. The van der Waals surface area contributed by atoms with Crippen LogP contribution in [0, 0.1) is 6.92 Å². The summed E-state index contributed by atoms with van der Waals surface area (Å²) in [6.07, 6.45) is 0. The molecular formula is C14H15NO3. The van der Waals surface area contributed by atoms with Crippen molar-refractivity contribution in [3.63, 3.8) is 0 Å². The fourth-order valence-corrected chi connectivity index (χ4v) is 1.94. The number of hydrogen-bond acceptors (Lipinski definition) is 3. The first-order valence-electron chi connectivity index (χ1n) is 5.77. The Morgan fingerprint density at radius 2 is 1.94 bits per heavy atom. The monoisotopic (exact) mass is 245 g/mol. The molecule has 1 aromatic carbocycles. The molecule has 0 aliphatic carbocycles. The van der Waals surface area contributed by atoms with E-state index < -0.39 is 11.7 Å². The van der Waals surface area contributed by atoms with Crippen LogP contribution in [-0.2, 0) is 16.1 Å². The van der Waals surface area contributed by atoms with Gasteiger partial charge in [-0.25, -0.2) is 0 Å². The molecule has 94 valence electrons. The van der Waals surface area contributed by atoms with Gasteiger partial charge in [-0.3, -0.25) is 9.59 Å². The summed E-state index contributed by atoms with van der Waals surface area (Å²) in [4.78, 5) is 24.5. The quantitative estimate of drug-likeness (QED) is 0.882. The van der Waals surface area contributed by atoms with Crippen LogP contribution in [0.25, 0.3) is 0 Å². The molecule has 4 nitrogen and oxygen atoms in total. The molecule has 0 aromatic heterocycles. The number of nitrogens with zero attached hydrogens (tertiary/aromatic N) is 1. The van der Waals surface area contributed by atoms with Gasteiger partial charge < -0.3 is 10.0 Å². The van der Waals surface area contributed by atoms with Gasteiger partial charge in [-0.05, 0) is 19.4 Å². The van der Waals surface area contributed by atoms with Crippen LogP contribution in [0.1, 0.15) is 18.1 Å². The fraction of sp³-hybridized carbons (Fsp3) is 0.286. The predicted molar refractivity (Wildman–Crippen MR) is 66.9 cm³/mol. The Hall–Kier alpha value is -2.10. The van der Waals surface area contributed by atoms with Crippen molar-refractivity contribution in [2.24, 2.45) is 0 Å². The van der Waals surface area contributed by atoms with E-state index in [0.717, 1.165) is 11.1 Å². The van der Waals surface area contributed by atoms with E-state index in [9.17, 15) is 14.7 Å². The molecule has 2 rings (SSSR count). The first kappa shape index (κ1) is 12.4. The molecule has 1 N–H and O–H groups in total. The molecule has 0 unspecified atom stereocenters. The molecule has 1 aliphatic rings. The SMILES string of the molecule is CC(=O)C1=C(O)C(=O)N(Cc2ccc(C)cc2)C1. The Balaban J connectivity index is 2.12. The molecule has 0 saturated heterocycles. The van der Waals surface area contributed by atoms with Crippen LogP contribution in [0.15, 0.2) is 35.6 Å². The molecule has 0 saturated carbocycles. The summed E-state index contributed by atoms with van der Waals surface area (Å²) in [5, 5.41) is 9.59. The van der Waals surface area contributed by atoms with Crippen molar-refractivity contribution in [2.75, 3.05) is 6.54 Å². The maximum atomic E-state index is 11.8. The Kier molecular flexibility index (Phi) is 3.19. The maximum Gasteiger partial charge on any atom is 0.289 e. The Bertz CT molecular complexity index is 528. The number of benzene rings is 1. The van der Waals surface area contributed by atoms with Crippen LogP contribution >= 0.6 is 0 Å². The molecule has 1 aromatic rings. The van der Waals surface area contributed by atoms with E-state index in [4.69, 9.17) is 0 Å². The number of Topliss-reactive ketones (excluding diaryl/α,β-unsaturated/α-hetero) is 1. The van der Waals surface area contributed by atoms with Gasteiger partial charge in [0, 0.05) is 6.54 Å². The minimum atomic E-state index is -0.472. The van der Waals surface area contributed by atoms with Crippen molar-refractivity contribution < 1.29 is 14.7 Å². The normalized spacial score (nSPS) is 15.4. The number of rotatable bonds is 3.